The highest BCUT2D eigenvalue weighted by atomic mass is 32.2. The summed E-state index contributed by atoms with van der Waals surface area (Å²) in [5.41, 5.74) is 1.63. The smallest absolute Gasteiger partial charge is 0.303 e. The van der Waals surface area contributed by atoms with E-state index in [-0.39, 0.29) is 17.9 Å². The van der Waals surface area contributed by atoms with Gasteiger partial charge in [0.1, 0.15) is 5.75 Å². The summed E-state index contributed by atoms with van der Waals surface area (Å²) in [5.74, 6) is -0.355. The normalized spacial score (nSPS) is 11.3. The first kappa shape index (κ1) is 19.6. The van der Waals surface area contributed by atoms with Gasteiger partial charge in [-0.25, -0.2) is 8.42 Å². The topological polar surface area (TPSA) is 106 Å². The average molecular weight is 400 g/mol. The number of aromatic nitrogens is 1. The molecule has 2 N–H and O–H groups in total. The number of ether oxygens (including phenoxy) is 1. The summed E-state index contributed by atoms with van der Waals surface area (Å²) >= 11 is 0. The highest BCUT2D eigenvalue weighted by molar-refractivity contribution is 7.92. The third kappa shape index (κ3) is 4.58. The third-order valence-corrected chi connectivity index (χ3v) is 5.49. The van der Waals surface area contributed by atoms with Gasteiger partial charge in [-0.15, -0.1) is 0 Å². The zero-order valence-corrected chi connectivity index (χ0v) is 16.1. The molecule has 0 aliphatic heterocycles. The van der Waals surface area contributed by atoms with Crippen LogP contribution in [0.1, 0.15) is 18.4 Å². The highest BCUT2D eigenvalue weighted by Gasteiger charge is 2.17. The Kier molecular flexibility index (Phi) is 5.79. The van der Waals surface area contributed by atoms with Gasteiger partial charge in [0.15, 0.2) is 0 Å². The number of carboxylic acids is 1. The second-order valence-corrected chi connectivity index (χ2v) is 7.94. The minimum atomic E-state index is -3.80. The molecule has 28 heavy (non-hydrogen) atoms. The number of sulfonamides is 1. The molecule has 0 aliphatic carbocycles. The van der Waals surface area contributed by atoms with Crippen LogP contribution in [0.2, 0.25) is 0 Å². The predicted molar refractivity (Wildman–Crippen MR) is 106 cm³/mol. The summed E-state index contributed by atoms with van der Waals surface area (Å²) in [4.78, 5) is 14.9. The van der Waals surface area contributed by atoms with Crippen LogP contribution in [0.15, 0.2) is 59.6 Å². The molecular weight excluding hydrogens is 380 g/mol. The summed E-state index contributed by atoms with van der Waals surface area (Å²) < 4.78 is 33.7. The Morgan fingerprint density at radius 2 is 1.96 bits per heavy atom. The number of aryl methyl sites for hydroxylation is 1. The van der Waals surface area contributed by atoms with Gasteiger partial charge in [0.25, 0.3) is 10.0 Å². The van der Waals surface area contributed by atoms with E-state index >= 15 is 0 Å². The number of anilines is 1. The number of aliphatic carboxylic acids is 1. The minimum Gasteiger partial charge on any atom is -0.493 e. The number of fused-ring (bicyclic) bond motifs is 1. The van der Waals surface area contributed by atoms with E-state index in [1.54, 1.807) is 37.4 Å². The number of nitrogens with zero attached hydrogens (tertiary/aromatic N) is 1. The van der Waals surface area contributed by atoms with Crippen molar-refractivity contribution in [3.05, 3.63) is 60.3 Å². The Hall–Kier alpha value is -3.13. The maximum absolute atomic E-state index is 12.8. The number of rotatable bonds is 8. The van der Waals surface area contributed by atoms with E-state index in [0.717, 1.165) is 5.39 Å². The van der Waals surface area contributed by atoms with E-state index in [4.69, 9.17) is 9.84 Å². The van der Waals surface area contributed by atoms with Gasteiger partial charge in [-0.3, -0.25) is 14.5 Å². The number of carboxylic acid groups (broad SMARTS) is 1. The van der Waals surface area contributed by atoms with E-state index in [0.29, 0.717) is 28.9 Å². The lowest BCUT2D eigenvalue weighted by atomic mass is 10.2. The fourth-order valence-electron chi connectivity index (χ4n) is 2.75. The molecule has 0 atom stereocenters. The van der Waals surface area contributed by atoms with Crippen LogP contribution in [-0.4, -0.2) is 31.1 Å². The zero-order chi connectivity index (χ0) is 20.1. The molecule has 1 heterocycles. The number of pyridine rings is 1. The fraction of sp³-hybridized carbons (Fsp3) is 0.200. The number of hydrogen-bond donors (Lipinski definition) is 2. The molecule has 146 valence electrons. The van der Waals surface area contributed by atoms with Crippen molar-refractivity contribution in [3.8, 4) is 5.75 Å². The molecule has 1 aromatic heterocycles. The monoisotopic (exact) mass is 400 g/mol. The molecule has 0 fully saturated rings. The van der Waals surface area contributed by atoms with Crippen molar-refractivity contribution in [2.24, 2.45) is 0 Å². The molecule has 0 bridgehead atoms. The number of para-hydroxylation sites is 1. The summed E-state index contributed by atoms with van der Waals surface area (Å²) in [6.45, 7) is 1.99. The quantitative estimate of drug-likeness (QED) is 0.560. The molecule has 0 saturated carbocycles. The van der Waals surface area contributed by atoms with Gasteiger partial charge < -0.3 is 9.84 Å². The molecule has 0 unspecified atom stereocenters. The molecule has 3 aromatic rings. The Bertz CT molecular complexity index is 1110. The predicted octanol–water partition coefficient (Wildman–Crippen LogP) is 3.59. The van der Waals surface area contributed by atoms with Crippen molar-refractivity contribution < 1.29 is 23.1 Å². The summed E-state index contributed by atoms with van der Waals surface area (Å²) in [7, 11) is -3.80. The second kappa shape index (κ2) is 8.26. The van der Waals surface area contributed by atoms with E-state index in [2.05, 4.69) is 9.71 Å². The molecular formula is C20H20N2O5S. The Labute approximate surface area is 163 Å². The molecule has 8 heteroatoms. The SMILES string of the molecule is Cc1cc(S(=O)(=O)Nc2cccc3cccnc23)ccc1OCCCC(=O)O. The highest BCUT2D eigenvalue weighted by Crippen LogP contribution is 2.26. The van der Waals surface area contributed by atoms with Crippen molar-refractivity contribution in [3.63, 3.8) is 0 Å². The van der Waals surface area contributed by atoms with E-state index < -0.39 is 16.0 Å². The lowest BCUT2D eigenvalue weighted by Crippen LogP contribution is -2.14. The standard InChI is InChI=1S/C20H20N2O5S/c1-14-13-16(9-10-18(14)27-12-4-8-19(23)24)28(25,26)22-17-7-2-5-15-6-3-11-21-20(15)17/h2-3,5-7,9-11,13,22H,4,8,12H2,1H3,(H,23,24). The molecule has 2 aromatic carbocycles. The molecule has 3 rings (SSSR count). The number of carbonyl (C=O) groups is 1. The van der Waals surface area contributed by atoms with Crippen LogP contribution >= 0.6 is 0 Å². The fourth-order valence-corrected chi connectivity index (χ4v) is 3.90. The third-order valence-electron chi connectivity index (χ3n) is 4.13. The lowest BCUT2D eigenvalue weighted by Gasteiger charge is -2.13. The van der Waals surface area contributed by atoms with Gasteiger partial charge in [0, 0.05) is 18.0 Å². The maximum atomic E-state index is 12.8. The van der Waals surface area contributed by atoms with Crippen LogP contribution in [0.25, 0.3) is 10.9 Å². The summed E-state index contributed by atoms with van der Waals surface area (Å²) in [5, 5.41) is 9.48. The molecule has 0 amide bonds. The van der Waals surface area contributed by atoms with Gasteiger partial charge in [-0.05, 0) is 49.2 Å². The first-order valence-electron chi connectivity index (χ1n) is 8.68. The number of benzene rings is 2. The van der Waals surface area contributed by atoms with E-state index in [1.807, 2.05) is 12.1 Å². The Morgan fingerprint density at radius 1 is 1.18 bits per heavy atom. The molecule has 0 aliphatic rings. The van der Waals surface area contributed by atoms with Crippen LogP contribution in [0, 0.1) is 6.92 Å². The van der Waals surface area contributed by atoms with Crippen LogP contribution in [0.4, 0.5) is 5.69 Å². The summed E-state index contributed by atoms with van der Waals surface area (Å²) in [6, 6.07) is 13.5. The zero-order valence-electron chi connectivity index (χ0n) is 15.3. The van der Waals surface area contributed by atoms with Crippen molar-refractivity contribution in [1.29, 1.82) is 0 Å². The Morgan fingerprint density at radius 3 is 2.71 bits per heavy atom. The first-order chi connectivity index (χ1) is 13.4. The molecule has 7 nitrogen and oxygen atoms in total. The lowest BCUT2D eigenvalue weighted by molar-refractivity contribution is -0.137. The molecule has 0 spiro atoms. The van der Waals surface area contributed by atoms with Crippen LogP contribution in [0.5, 0.6) is 5.75 Å². The van der Waals surface area contributed by atoms with E-state index in [1.165, 1.54) is 12.1 Å². The van der Waals surface area contributed by atoms with Crippen LogP contribution in [0.3, 0.4) is 0 Å². The number of hydrogen-bond acceptors (Lipinski definition) is 5. The summed E-state index contributed by atoms with van der Waals surface area (Å²) in [6.07, 6.45) is 2.01. The largest absolute Gasteiger partial charge is 0.493 e. The van der Waals surface area contributed by atoms with Crippen molar-refractivity contribution in [1.82, 2.24) is 4.98 Å². The van der Waals surface area contributed by atoms with Gasteiger partial charge >= 0.3 is 5.97 Å². The average Bonchev–Trinajstić information content (AvgIpc) is 2.66. The molecule has 0 saturated heterocycles. The van der Waals surface area contributed by atoms with Crippen molar-refractivity contribution in [2.75, 3.05) is 11.3 Å². The first-order valence-corrected chi connectivity index (χ1v) is 10.2. The number of nitrogens with one attached hydrogen (secondary N) is 1. The van der Waals surface area contributed by atoms with Crippen LogP contribution < -0.4 is 9.46 Å². The van der Waals surface area contributed by atoms with Gasteiger partial charge in [0.05, 0.1) is 22.7 Å². The second-order valence-electron chi connectivity index (χ2n) is 6.26. The Balaban J connectivity index is 1.78. The van der Waals surface area contributed by atoms with Crippen LogP contribution in [-0.2, 0) is 14.8 Å². The van der Waals surface area contributed by atoms with Gasteiger partial charge in [-0.2, -0.15) is 0 Å². The van der Waals surface area contributed by atoms with Gasteiger partial charge in [-0.1, -0.05) is 18.2 Å². The van der Waals surface area contributed by atoms with Gasteiger partial charge in [0.2, 0.25) is 0 Å². The van der Waals surface area contributed by atoms with Crippen molar-refractivity contribution >= 4 is 32.6 Å². The molecule has 0 radical (unpaired) electrons. The minimum absolute atomic E-state index is 0.0223. The maximum Gasteiger partial charge on any atom is 0.303 e. The van der Waals surface area contributed by atoms with Crippen molar-refractivity contribution in [2.45, 2.75) is 24.7 Å². The van der Waals surface area contributed by atoms with E-state index in [9.17, 15) is 13.2 Å².